The molecule has 5 rings (SSSR count). The topological polar surface area (TPSA) is 67.9 Å². The molecular weight excluding hydrogens is 390 g/mol. The van der Waals surface area contributed by atoms with Gasteiger partial charge in [-0.25, -0.2) is 9.97 Å². The normalized spacial score (nSPS) is 19.8. The molecule has 30 heavy (non-hydrogen) atoms. The lowest BCUT2D eigenvalue weighted by Gasteiger charge is -2.42. The van der Waals surface area contributed by atoms with Gasteiger partial charge in [0.15, 0.2) is 0 Å². The lowest BCUT2D eigenvalue weighted by molar-refractivity contribution is 0.187. The molecule has 2 aromatic heterocycles. The highest BCUT2D eigenvalue weighted by Crippen LogP contribution is 2.50. The van der Waals surface area contributed by atoms with Crippen LogP contribution < -0.4 is 10.6 Å². The highest BCUT2D eigenvalue weighted by molar-refractivity contribution is 7.99. The van der Waals surface area contributed by atoms with Gasteiger partial charge in [0.25, 0.3) is 0 Å². The Bertz CT molecular complexity index is 1060. The molecule has 1 aliphatic carbocycles. The van der Waals surface area contributed by atoms with Crippen LogP contribution in [-0.4, -0.2) is 28.0 Å². The summed E-state index contributed by atoms with van der Waals surface area (Å²) in [6.07, 6.45) is 8.93. The van der Waals surface area contributed by atoms with Crippen LogP contribution in [-0.2, 0) is 6.42 Å². The van der Waals surface area contributed by atoms with Crippen molar-refractivity contribution in [1.82, 2.24) is 15.0 Å². The van der Waals surface area contributed by atoms with Gasteiger partial charge < -0.3 is 10.6 Å². The molecule has 5 nitrogen and oxygen atoms in total. The third kappa shape index (κ3) is 3.38. The number of benzene rings is 1. The first-order chi connectivity index (χ1) is 14.6. The van der Waals surface area contributed by atoms with E-state index < -0.39 is 0 Å². The Morgan fingerprint density at radius 2 is 1.83 bits per heavy atom. The average Bonchev–Trinajstić information content (AvgIpc) is 3.04. The van der Waals surface area contributed by atoms with Crippen molar-refractivity contribution in [2.24, 2.45) is 11.1 Å². The van der Waals surface area contributed by atoms with Gasteiger partial charge in [-0.05, 0) is 61.3 Å². The molecule has 0 unspecified atom stereocenters. The molecule has 154 valence electrons. The minimum Gasteiger partial charge on any atom is -0.355 e. The number of anilines is 1. The number of nitrogens with two attached hydrogens (primary N) is 1. The second kappa shape index (κ2) is 7.67. The van der Waals surface area contributed by atoms with Crippen LogP contribution in [0.4, 0.5) is 5.82 Å². The molecule has 0 radical (unpaired) electrons. The molecule has 1 aliphatic heterocycles. The maximum atomic E-state index is 6.70. The molecule has 0 bridgehead atoms. The van der Waals surface area contributed by atoms with E-state index in [4.69, 9.17) is 10.7 Å². The van der Waals surface area contributed by atoms with E-state index in [-0.39, 0.29) is 11.5 Å². The summed E-state index contributed by atoms with van der Waals surface area (Å²) in [6.45, 7) is 6.09. The van der Waals surface area contributed by atoms with Crippen molar-refractivity contribution in [2.45, 2.75) is 49.1 Å². The first-order valence-electron chi connectivity index (χ1n) is 10.6. The van der Waals surface area contributed by atoms with Crippen LogP contribution in [0.2, 0.25) is 0 Å². The first kappa shape index (κ1) is 19.5. The smallest absolute Gasteiger partial charge is 0.147 e. The summed E-state index contributed by atoms with van der Waals surface area (Å²) in [5, 5.41) is 0.911. The number of fused-ring (bicyclic) bond motifs is 1. The molecule has 6 heteroatoms. The molecule has 1 fully saturated rings. The molecule has 2 aliphatic rings. The zero-order valence-electron chi connectivity index (χ0n) is 17.5. The second-order valence-corrected chi connectivity index (χ2v) is 9.60. The van der Waals surface area contributed by atoms with Gasteiger partial charge in [0, 0.05) is 35.9 Å². The van der Waals surface area contributed by atoms with Gasteiger partial charge in [-0.3, -0.25) is 4.98 Å². The van der Waals surface area contributed by atoms with E-state index in [9.17, 15) is 0 Å². The monoisotopic (exact) mass is 417 g/mol. The zero-order valence-corrected chi connectivity index (χ0v) is 18.3. The van der Waals surface area contributed by atoms with Gasteiger partial charge in [-0.15, -0.1) is 0 Å². The Kier molecular flexibility index (Phi) is 4.99. The van der Waals surface area contributed by atoms with Crippen LogP contribution in [0.25, 0.3) is 0 Å². The Morgan fingerprint density at radius 1 is 1.03 bits per heavy atom. The summed E-state index contributed by atoms with van der Waals surface area (Å²) in [4.78, 5) is 17.3. The highest BCUT2D eigenvalue weighted by atomic mass is 32.2. The Balaban J connectivity index is 1.26. The van der Waals surface area contributed by atoms with Crippen LogP contribution in [0.5, 0.6) is 0 Å². The van der Waals surface area contributed by atoms with Crippen LogP contribution >= 0.6 is 11.8 Å². The van der Waals surface area contributed by atoms with Crippen molar-refractivity contribution in [3.05, 3.63) is 71.3 Å². The summed E-state index contributed by atoms with van der Waals surface area (Å²) in [5.74, 6) is 0.959. The molecule has 1 spiro atoms. The molecule has 1 atom stereocenters. The van der Waals surface area contributed by atoms with Crippen LogP contribution in [0.1, 0.15) is 41.3 Å². The standard InChI is InChI=1S/C24H27N5S/c1-16-17(2)26-10-7-20(16)30-22-15-27-21(14-28-22)29-11-8-24(9-12-29)13-18-5-3-4-6-19(18)23(24)25/h3-7,10,14-15,23H,8-9,11-13,25H2,1-2H3/t23-/m1/s1. The minimum atomic E-state index is 0.146. The number of hydrogen-bond donors (Lipinski definition) is 1. The lowest BCUT2D eigenvalue weighted by atomic mass is 9.73. The largest absolute Gasteiger partial charge is 0.355 e. The summed E-state index contributed by atoms with van der Waals surface area (Å²) in [7, 11) is 0. The van der Waals surface area contributed by atoms with Crippen molar-refractivity contribution in [3.63, 3.8) is 0 Å². The second-order valence-electron chi connectivity index (χ2n) is 8.54. The summed E-state index contributed by atoms with van der Waals surface area (Å²) in [6, 6.07) is 10.9. The van der Waals surface area contributed by atoms with Crippen LogP contribution in [0.15, 0.2) is 58.8 Å². The Labute approximate surface area is 182 Å². The number of piperidine rings is 1. The van der Waals surface area contributed by atoms with Crippen molar-refractivity contribution < 1.29 is 0 Å². The number of nitrogens with zero attached hydrogens (tertiary/aromatic N) is 4. The van der Waals surface area contributed by atoms with Crippen LogP contribution in [0, 0.1) is 19.3 Å². The molecule has 3 heterocycles. The number of hydrogen-bond acceptors (Lipinski definition) is 6. The van der Waals surface area contributed by atoms with Crippen molar-refractivity contribution in [2.75, 3.05) is 18.0 Å². The molecule has 3 aromatic rings. The van der Waals surface area contributed by atoms with E-state index in [1.165, 1.54) is 21.6 Å². The molecule has 0 saturated carbocycles. The molecule has 1 aromatic carbocycles. The van der Waals surface area contributed by atoms with Crippen molar-refractivity contribution in [3.8, 4) is 0 Å². The fourth-order valence-corrected chi connectivity index (χ4v) is 5.72. The van der Waals surface area contributed by atoms with E-state index in [2.05, 4.69) is 46.1 Å². The quantitative estimate of drug-likeness (QED) is 0.678. The number of pyridine rings is 1. The number of aromatic nitrogens is 3. The van der Waals surface area contributed by atoms with E-state index in [0.29, 0.717) is 0 Å². The highest BCUT2D eigenvalue weighted by Gasteiger charge is 2.45. The predicted octanol–water partition coefficient (Wildman–Crippen LogP) is 4.48. The Morgan fingerprint density at radius 3 is 2.57 bits per heavy atom. The summed E-state index contributed by atoms with van der Waals surface area (Å²) in [5.41, 5.74) is 11.9. The lowest BCUT2D eigenvalue weighted by Crippen LogP contribution is -2.44. The van der Waals surface area contributed by atoms with Gasteiger partial charge in [0.2, 0.25) is 0 Å². The first-order valence-corrected chi connectivity index (χ1v) is 11.4. The van der Waals surface area contributed by atoms with Gasteiger partial charge in [-0.1, -0.05) is 36.0 Å². The van der Waals surface area contributed by atoms with Gasteiger partial charge >= 0.3 is 0 Å². The van der Waals surface area contributed by atoms with E-state index in [1.807, 2.05) is 31.6 Å². The van der Waals surface area contributed by atoms with Gasteiger partial charge in [0.05, 0.1) is 12.4 Å². The van der Waals surface area contributed by atoms with E-state index in [0.717, 1.165) is 48.9 Å². The molecule has 0 amide bonds. The van der Waals surface area contributed by atoms with E-state index >= 15 is 0 Å². The fraction of sp³-hybridized carbons (Fsp3) is 0.375. The fourth-order valence-electron chi connectivity index (χ4n) is 4.85. The zero-order chi connectivity index (χ0) is 20.7. The predicted molar refractivity (Wildman–Crippen MR) is 121 cm³/mol. The Hall–Kier alpha value is -2.44. The third-order valence-corrected chi connectivity index (χ3v) is 7.99. The average molecular weight is 418 g/mol. The van der Waals surface area contributed by atoms with Gasteiger partial charge in [0.1, 0.15) is 10.8 Å². The minimum absolute atomic E-state index is 0.146. The summed E-state index contributed by atoms with van der Waals surface area (Å²) < 4.78 is 0. The van der Waals surface area contributed by atoms with Crippen molar-refractivity contribution >= 4 is 17.6 Å². The number of aryl methyl sites for hydroxylation is 1. The SMILES string of the molecule is Cc1nccc(Sc2cnc(N3CCC4(CC3)Cc3ccccc3[C@H]4N)cn2)c1C. The van der Waals surface area contributed by atoms with Crippen LogP contribution in [0.3, 0.4) is 0 Å². The van der Waals surface area contributed by atoms with E-state index in [1.54, 1.807) is 11.8 Å². The third-order valence-electron chi connectivity index (χ3n) is 6.91. The van der Waals surface area contributed by atoms with Gasteiger partial charge in [-0.2, -0.15) is 0 Å². The summed E-state index contributed by atoms with van der Waals surface area (Å²) >= 11 is 1.64. The maximum Gasteiger partial charge on any atom is 0.147 e. The number of rotatable bonds is 3. The molecular formula is C24H27N5S. The molecule has 2 N–H and O–H groups in total. The van der Waals surface area contributed by atoms with Crippen molar-refractivity contribution in [1.29, 1.82) is 0 Å². The molecule has 1 saturated heterocycles. The maximum absolute atomic E-state index is 6.70.